The standard InChI is InChI=1S/C13H25N/c1-5-7-8-9-12(3)13(4)11-14-10-6-2/h12-14H,6,8-11H2,1-4H3. The molecule has 0 aromatic heterocycles. The summed E-state index contributed by atoms with van der Waals surface area (Å²) in [6.07, 6.45) is 3.51. The van der Waals surface area contributed by atoms with Gasteiger partial charge in [-0.1, -0.05) is 20.8 Å². The van der Waals surface area contributed by atoms with E-state index in [1.54, 1.807) is 0 Å². The highest BCUT2D eigenvalue weighted by Gasteiger charge is 2.10. The Bertz CT molecular complexity index is 175. The Labute approximate surface area is 89.7 Å². The summed E-state index contributed by atoms with van der Waals surface area (Å²) >= 11 is 0. The third-order valence-corrected chi connectivity index (χ3v) is 2.77. The fourth-order valence-electron chi connectivity index (χ4n) is 1.42. The SMILES string of the molecule is CC#CCCC(C)C(C)CNCCC. The summed E-state index contributed by atoms with van der Waals surface area (Å²) in [6.45, 7) is 11.1. The molecule has 1 N–H and O–H groups in total. The van der Waals surface area contributed by atoms with E-state index in [1.807, 2.05) is 6.92 Å². The molecule has 0 amide bonds. The second-order valence-electron chi connectivity index (χ2n) is 4.12. The molecule has 0 rings (SSSR count). The lowest BCUT2D eigenvalue weighted by atomic mass is 9.91. The van der Waals surface area contributed by atoms with Crippen molar-refractivity contribution in [3.05, 3.63) is 0 Å². The maximum absolute atomic E-state index is 3.47. The molecule has 0 aliphatic rings. The van der Waals surface area contributed by atoms with Crippen molar-refractivity contribution in [2.24, 2.45) is 11.8 Å². The maximum atomic E-state index is 3.47. The van der Waals surface area contributed by atoms with Crippen LogP contribution in [0.4, 0.5) is 0 Å². The van der Waals surface area contributed by atoms with Crippen LogP contribution in [0.2, 0.25) is 0 Å². The highest BCUT2D eigenvalue weighted by Crippen LogP contribution is 2.15. The minimum absolute atomic E-state index is 0.764. The van der Waals surface area contributed by atoms with Crippen LogP contribution in [-0.2, 0) is 0 Å². The van der Waals surface area contributed by atoms with E-state index in [9.17, 15) is 0 Å². The highest BCUT2D eigenvalue weighted by atomic mass is 14.8. The van der Waals surface area contributed by atoms with Crippen molar-refractivity contribution in [3.8, 4) is 11.8 Å². The van der Waals surface area contributed by atoms with Crippen molar-refractivity contribution in [1.29, 1.82) is 0 Å². The highest BCUT2D eigenvalue weighted by molar-refractivity contribution is 4.95. The summed E-state index contributed by atoms with van der Waals surface area (Å²) in [6, 6.07) is 0. The molecule has 0 aliphatic heterocycles. The molecule has 0 radical (unpaired) electrons. The minimum Gasteiger partial charge on any atom is -0.316 e. The van der Waals surface area contributed by atoms with Gasteiger partial charge in [-0.15, -0.1) is 11.8 Å². The molecule has 0 heterocycles. The summed E-state index contributed by atoms with van der Waals surface area (Å²) < 4.78 is 0. The average Bonchev–Trinajstić information content (AvgIpc) is 2.18. The monoisotopic (exact) mass is 195 g/mol. The van der Waals surface area contributed by atoms with Crippen LogP contribution in [0, 0.1) is 23.7 Å². The lowest BCUT2D eigenvalue weighted by Crippen LogP contribution is -2.25. The average molecular weight is 195 g/mol. The van der Waals surface area contributed by atoms with Crippen LogP contribution in [0.25, 0.3) is 0 Å². The van der Waals surface area contributed by atoms with Crippen molar-refractivity contribution in [1.82, 2.24) is 5.32 Å². The van der Waals surface area contributed by atoms with Gasteiger partial charge in [0.05, 0.1) is 0 Å². The Kier molecular flexibility index (Phi) is 8.78. The van der Waals surface area contributed by atoms with E-state index in [-0.39, 0.29) is 0 Å². The van der Waals surface area contributed by atoms with Crippen molar-refractivity contribution in [2.75, 3.05) is 13.1 Å². The molecule has 0 aromatic carbocycles. The molecule has 1 heteroatoms. The predicted molar refractivity (Wildman–Crippen MR) is 64.2 cm³/mol. The van der Waals surface area contributed by atoms with Gasteiger partial charge in [-0.2, -0.15) is 0 Å². The summed E-state index contributed by atoms with van der Waals surface area (Å²) in [5, 5.41) is 3.47. The smallest absolute Gasteiger partial charge is 0.00912 e. The largest absolute Gasteiger partial charge is 0.316 e. The van der Waals surface area contributed by atoms with E-state index in [1.165, 1.54) is 12.8 Å². The molecular weight excluding hydrogens is 170 g/mol. The Morgan fingerprint density at radius 1 is 1.21 bits per heavy atom. The van der Waals surface area contributed by atoms with Gasteiger partial charge in [0.25, 0.3) is 0 Å². The topological polar surface area (TPSA) is 12.0 Å². The molecule has 0 aliphatic carbocycles. The lowest BCUT2D eigenvalue weighted by Gasteiger charge is -2.19. The molecule has 2 unspecified atom stereocenters. The van der Waals surface area contributed by atoms with Crippen molar-refractivity contribution in [2.45, 2.75) is 47.0 Å². The second kappa shape index (κ2) is 9.09. The molecule has 0 saturated heterocycles. The Morgan fingerprint density at radius 3 is 2.50 bits per heavy atom. The first-order valence-corrected chi connectivity index (χ1v) is 5.82. The van der Waals surface area contributed by atoms with Gasteiger partial charge in [0.1, 0.15) is 0 Å². The zero-order valence-corrected chi connectivity index (χ0v) is 10.2. The predicted octanol–water partition coefficient (Wildman–Crippen LogP) is 3.06. The normalized spacial score (nSPS) is 14.3. The fourth-order valence-corrected chi connectivity index (χ4v) is 1.42. The van der Waals surface area contributed by atoms with Crippen LogP contribution in [-0.4, -0.2) is 13.1 Å². The van der Waals surface area contributed by atoms with Crippen LogP contribution in [0.1, 0.15) is 47.0 Å². The van der Waals surface area contributed by atoms with E-state index < -0.39 is 0 Å². The first-order chi connectivity index (χ1) is 6.72. The van der Waals surface area contributed by atoms with E-state index in [4.69, 9.17) is 0 Å². The molecule has 0 saturated carbocycles. The third kappa shape index (κ3) is 6.97. The van der Waals surface area contributed by atoms with Crippen LogP contribution in [0.15, 0.2) is 0 Å². The van der Waals surface area contributed by atoms with Crippen LogP contribution < -0.4 is 5.32 Å². The molecule has 0 aromatic rings. The molecule has 82 valence electrons. The zero-order valence-electron chi connectivity index (χ0n) is 10.2. The molecule has 14 heavy (non-hydrogen) atoms. The lowest BCUT2D eigenvalue weighted by molar-refractivity contribution is 0.351. The Balaban J connectivity index is 3.52. The zero-order chi connectivity index (χ0) is 10.8. The van der Waals surface area contributed by atoms with Crippen LogP contribution in [0.5, 0.6) is 0 Å². The van der Waals surface area contributed by atoms with E-state index in [2.05, 4.69) is 37.9 Å². The first kappa shape index (κ1) is 13.5. The van der Waals surface area contributed by atoms with Gasteiger partial charge in [0.2, 0.25) is 0 Å². The van der Waals surface area contributed by atoms with E-state index >= 15 is 0 Å². The molecule has 2 atom stereocenters. The molecule has 1 nitrogen and oxygen atoms in total. The Morgan fingerprint density at radius 2 is 1.93 bits per heavy atom. The van der Waals surface area contributed by atoms with Crippen LogP contribution >= 0.6 is 0 Å². The van der Waals surface area contributed by atoms with Gasteiger partial charge in [-0.05, 0) is 44.7 Å². The summed E-state index contributed by atoms with van der Waals surface area (Å²) in [5.74, 6) is 7.62. The second-order valence-corrected chi connectivity index (χ2v) is 4.12. The molecule has 0 spiro atoms. The number of rotatable bonds is 7. The Hall–Kier alpha value is -0.480. The number of hydrogen-bond donors (Lipinski definition) is 1. The van der Waals surface area contributed by atoms with Crippen LogP contribution in [0.3, 0.4) is 0 Å². The number of hydrogen-bond acceptors (Lipinski definition) is 1. The molecular formula is C13H25N. The summed E-state index contributed by atoms with van der Waals surface area (Å²) in [5.41, 5.74) is 0. The van der Waals surface area contributed by atoms with Gasteiger partial charge < -0.3 is 5.32 Å². The number of nitrogens with one attached hydrogen (secondary N) is 1. The van der Waals surface area contributed by atoms with Crippen molar-refractivity contribution < 1.29 is 0 Å². The van der Waals surface area contributed by atoms with Crippen molar-refractivity contribution >= 4 is 0 Å². The van der Waals surface area contributed by atoms with Gasteiger partial charge in [0.15, 0.2) is 0 Å². The van der Waals surface area contributed by atoms with E-state index in [0.29, 0.717) is 0 Å². The quantitative estimate of drug-likeness (QED) is 0.486. The molecule has 0 bridgehead atoms. The minimum atomic E-state index is 0.764. The molecule has 0 fully saturated rings. The maximum Gasteiger partial charge on any atom is 0.00912 e. The van der Waals surface area contributed by atoms with Gasteiger partial charge >= 0.3 is 0 Å². The van der Waals surface area contributed by atoms with E-state index in [0.717, 1.165) is 31.3 Å². The third-order valence-electron chi connectivity index (χ3n) is 2.77. The first-order valence-electron chi connectivity index (χ1n) is 5.82. The van der Waals surface area contributed by atoms with Gasteiger partial charge in [-0.3, -0.25) is 0 Å². The van der Waals surface area contributed by atoms with Gasteiger partial charge in [-0.25, -0.2) is 0 Å². The summed E-state index contributed by atoms with van der Waals surface area (Å²) in [7, 11) is 0. The summed E-state index contributed by atoms with van der Waals surface area (Å²) in [4.78, 5) is 0. The fraction of sp³-hybridized carbons (Fsp3) is 0.846. The van der Waals surface area contributed by atoms with Crippen molar-refractivity contribution in [3.63, 3.8) is 0 Å². The van der Waals surface area contributed by atoms with Gasteiger partial charge in [0, 0.05) is 6.42 Å².